The number of carboxylic acids is 1. The van der Waals surface area contributed by atoms with Crippen molar-refractivity contribution in [3.63, 3.8) is 0 Å². The number of amides is 1. The van der Waals surface area contributed by atoms with Gasteiger partial charge in [-0.25, -0.2) is 14.4 Å². The lowest BCUT2D eigenvalue weighted by molar-refractivity contribution is -0.139. The molecule has 1 atom stereocenters. The van der Waals surface area contributed by atoms with E-state index in [2.05, 4.69) is 14.8 Å². The Labute approximate surface area is 144 Å². The summed E-state index contributed by atoms with van der Waals surface area (Å²) >= 11 is 0. The highest BCUT2D eigenvalue weighted by atomic mass is 16.5. The molecular formula is C17H19NO7. The number of benzene rings is 1. The fraction of sp³-hybridized carbons (Fsp3) is 0.294. The zero-order chi connectivity index (χ0) is 18.8. The molecule has 8 heteroatoms. The van der Waals surface area contributed by atoms with E-state index in [1.54, 1.807) is 6.92 Å². The Kier molecular flexibility index (Phi) is 7.85. The topological polar surface area (TPSA) is 119 Å². The summed E-state index contributed by atoms with van der Waals surface area (Å²) in [4.78, 5) is 46.1. The first-order valence-corrected chi connectivity index (χ1v) is 7.44. The maximum atomic E-state index is 12.2. The summed E-state index contributed by atoms with van der Waals surface area (Å²) in [6.07, 6.45) is 2.31. The lowest BCUT2D eigenvalue weighted by Gasteiger charge is -2.13. The normalized spacial score (nSPS) is 11.6. The van der Waals surface area contributed by atoms with Gasteiger partial charge >= 0.3 is 17.9 Å². The monoisotopic (exact) mass is 349 g/mol. The van der Waals surface area contributed by atoms with E-state index in [0.29, 0.717) is 0 Å². The van der Waals surface area contributed by atoms with Crippen LogP contribution in [0.15, 0.2) is 36.4 Å². The van der Waals surface area contributed by atoms with E-state index in [1.807, 2.05) is 0 Å². The maximum Gasteiger partial charge on any atom is 0.337 e. The number of carbonyl (C=O) groups excluding carboxylic acids is 3. The van der Waals surface area contributed by atoms with Gasteiger partial charge in [-0.2, -0.15) is 0 Å². The Morgan fingerprint density at radius 3 is 2.52 bits per heavy atom. The summed E-state index contributed by atoms with van der Waals surface area (Å²) in [7, 11) is 1.21. The van der Waals surface area contributed by atoms with Crippen molar-refractivity contribution in [2.45, 2.75) is 19.4 Å². The fourth-order valence-electron chi connectivity index (χ4n) is 1.86. The molecule has 1 aromatic rings. The lowest BCUT2D eigenvalue weighted by atomic mass is 10.1. The van der Waals surface area contributed by atoms with E-state index >= 15 is 0 Å². The van der Waals surface area contributed by atoms with Crippen LogP contribution in [-0.4, -0.2) is 48.7 Å². The second kappa shape index (κ2) is 9.86. The van der Waals surface area contributed by atoms with Crippen LogP contribution >= 0.6 is 0 Å². The average molecular weight is 349 g/mol. The molecule has 1 aromatic carbocycles. The molecule has 0 saturated carbocycles. The fourth-order valence-corrected chi connectivity index (χ4v) is 1.86. The van der Waals surface area contributed by atoms with Gasteiger partial charge in [-0.1, -0.05) is 12.1 Å². The maximum absolute atomic E-state index is 12.2. The van der Waals surface area contributed by atoms with Crippen molar-refractivity contribution in [3.05, 3.63) is 47.5 Å². The van der Waals surface area contributed by atoms with E-state index in [4.69, 9.17) is 0 Å². The molecule has 0 aliphatic rings. The minimum Gasteiger partial charge on any atom is -0.480 e. The molecule has 0 spiro atoms. The standard InChI is InChI=1S/C17H19NO7/c1-3-25-14(19)9-5-8-13(16(21)22)18-15(20)11-6-4-7-12(10-11)17(23)24-2/h4-7,9-10,13H,3,8H2,1-2H3,(H,18,20)(H,21,22)/b9-5+/t13-/m0/s1. The van der Waals surface area contributed by atoms with Gasteiger partial charge < -0.3 is 19.9 Å². The summed E-state index contributed by atoms with van der Waals surface area (Å²) in [6, 6.07) is 4.46. The molecule has 134 valence electrons. The molecule has 0 aliphatic heterocycles. The van der Waals surface area contributed by atoms with E-state index in [-0.39, 0.29) is 24.2 Å². The Hall–Kier alpha value is -3.16. The largest absolute Gasteiger partial charge is 0.480 e. The van der Waals surface area contributed by atoms with Crippen LogP contribution in [-0.2, 0) is 19.1 Å². The predicted molar refractivity (Wildman–Crippen MR) is 87.1 cm³/mol. The molecule has 8 nitrogen and oxygen atoms in total. The molecule has 1 amide bonds. The number of hydrogen-bond donors (Lipinski definition) is 2. The summed E-state index contributed by atoms with van der Waals surface area (Å²) in [5, 5.41) is 11.5. The number of esters is 2. The molecule has 1 rings (SSSR count). The van der Waals surface area contributed by atoms with E-state index < -0.39 is 29.9 Å². The minimum atomic E-state index is -1.26. The number of methoxy groups -OCH3 is 1. The van der Waals surface area contributed by atoms with Crippen molar-refractivity contribution in [3.8, 4) is 0 Å². The molecule has 0 saturated heterocycles. The second-order valence-electron chi connectivity index (χ2n) is 4.83. The number of ether oxygens (including phenoxy) is 2. The number of nitrogens with one attached hydrogen (secondary N) is 1. The van der Waals surface area contributed by atoms with Crippen LogP contribution < -0.4 is 5.32 Å². The quantitative estimate of drug-likeness (QED) is 0.534. The van der Waals surface area contributed by atoms with Crippen molar-refractivity contribution in [1.82, 2.24) is 5.32 Å². The van der Waals surface area contributed by atoms with Crippen LogP contribution in [0.25, 0.3) is 0 Å². The van der Waals surface area contributed by atoms with Crippen LogP contribution in [0.2, 0.25) is 0 Å². The zero-order valence-corrected chi connectivity index (χ0v) is 13.9. The third kappa shape index (κ3) is 6.46. The minimum absolute atomic E-state index is 0.101. The predicted octanol–water partition coefficient (Wildman–Crippen LogP) is 1.17. The highest BCUT2D eigenvalue weighted by Gasteiger charge is 2.20. The Bertz CT molecular complexity index is 681. The summed E-state index contributed by atoms with van der Waals surface area (Å²) in [5.41, 5.74) is 0.285. The first kappa shape index (κ1) is 19.9. The molecule has 25 heavy (non-hydrogen) atoms. The molecule has 0 unspecified atom stereocenters. The zero-order valence-electron chi connectivity index (χ0n) is 13.9. The van der Waals surface area contributed by atoms with E-state index in [0.717, 1.165) is 6.08 Å². The number of aliphatic carboxylic acids is 1. The average Bonchev–Trinajstić information content (AvgIpc) is 2.60. The Balaban J connectivity index is 2.78. The Morgan fingerprint density at radius 1 is 1.24 bits per heavy atom. The first-order valence-electron chi connectivity index (χ1n) is 7.44. The number of carbonyl (C=O) groups is 4. The molecule has 2 N–H and O–H groups in total. The highest BCUT2D eigenvalue weighted by molar-refractivity contribution is 5.99. The van der Waals surface area contributed by atoms with Crippen LogP contribution in [0, 0.1) is 0 Å². The van der Waals surface area contributed by atoms with Crippen LogP contribution in [0.1, 0.15) is 34.1 Å². The molecule has 0 heterocycles. The van der Waals surface area contributed by atoms with Crippen molar-refractivity contribution < 1.29 is 33.8 Å². The van der Waals surface area contributed by atoms with Crippen molar-refractivity contribution in [2.24, 2.45) is 0 Å². The van der Waals surface area contributed by atoms with Crippen LogP contribution in [0.4, 0.5) is 0 Å². The van der Waals surface area contributed by atoms with Gasteiger partial charge in [0.1, 0.15) is 6.04 Å². The van der Waals surface area contributed by atoms with Crippen molar-refractivity contribution >= 4 is 23.8 Å². The van der Waals surface area contributed by atoms with Gasteiger partial charge in [0.05, 0.1) is 19.3 Å². The van der Waals surface area contributed by atoms with Gasteiger partial charge in [0, 0.05) is 11.6 Å². The number of hydrogen-bond acceptors (Lipinski definition) is 6. The van der Waals surface area contributed by atoms with E-state index in [9.17, 15) is 24.3 Å². The summed E-state index contributed by atoms with van der Waals surface area (Å²) < 4.78 is 9.24. The molecule has 0 radical (unpaired) electrons. The summed E-state index contributed by atoms with van der Waals surface area (Å²) in [6.45, 7) is 1.85. The van der Waals surface area contributed by atoms with Crippen molar-refractivity contribution in [1.29, 1.82) is 0 Å². The third-order valence-electron chi connectivity index (χ3n) is 3.06. The van der Waals surface area contributed by atoms with Gasteiger partial charge in [0.15, 0.2) is 0 Å². The third-order valence-corrected chi connectivity index (χ3v) is 3.06. The van der Waals surface area contributed by atoms with Gasteiger partial charge in [-0.15, -0.1) is 0 Å². The molecule has 0 aliphatic carbocycles. The SMILES string of the molecule is CCOC(=O)/C=C/C[C@H](NC(=O)c1cccc(C(=O)OC)c1)C(=O)O. The first-order chi connectivity index (χ1) is 11.9. The van der Waals surface area contributed by atoms with Gasteiger partial charge in [-0.05, 0) is 31.5 Å². The van der Waals surface area contributed by atoms with Crippen molar-refractivity contribution in [2.75, 3.05) is 13.7 Å². The summed E-state index contributed by atoms with van der Waals surface area (Å²) in [5.74, 6) is -3.13. The molecule has 0 fully saturated rings. The number of rotatable bonds is 8. The number of carboxylic acid groups (broad SMARTS) is 1. The van der Waals surface area contributed by atoms with Gasteiger partial charge in [0.25, 0.3) is 5.91 Å². The van der Waals surface area contributed by atoms with Gasteiger partial charge in [-0.3, -0.25) is 4.79 Å². The molecular weight excluding hydrogens is 330 g/mol. The Morgan fingerprint density at radius 2 is 1.92 bits per heavy atom. The van der Waals surface area contributed by atoms with Crippen LogP contribution in [0.3, 0.4) is 0 Å². The van der Waals surface area contributed by atoms with Crippen LogP contribution in [0.5, 0.6) is 0 Å². The van der Waals surface area contributed by atoms with E-state index in [1.165, 1.54) is 37.5 Å². The van der Waals surface area contributed by atoms with Gasteiger partial charge in [0.2, 0.25) is 0 Å². The second-order valence-corrected chi connectivity index (χ2v) is 4.83. The molecule has 0 aromatic heterocycles. The molecule has 0 bridgehead atoms. The lowest BCUT2D eigenvalue weighted by Crippen LogP contribution is -2.40. The smallest absolute Gasteiger partial charge is 0.337 e. The highest BCUT2D eigenvalue weighted by Crippen LogP contribution is 2.08.